The van der Waals surface area contributed by atoms with Gasteiger partial charge in [0.1, 0.15) is 0 Å². The molecule has 3 rings (SSSR count). The van der Waals surface area contributed by atoms with Gasteiger partial charge in [0.05, 0.1) is 26.0 Å². The molecule has 0 fully saturated rings. The van der Waals surface area contributed by atoms with Gasteiger partial charge in [-0.1, -0.05) is 6.07 Å². The van der Waals surface area contributed by atoms with Crippen molar-refractivity contribution in [3.05, 3.63) is 46.8 Å². The van der Waals surface area contributed by atoms with Crippen molar-refractivity contribution in [3.63, 3.8) is 0 Å². The summed E-state index contributed by atoms with van der Waals surface area (Å²) in [7, 11) is 5.07. The van der Waals surface area contributed by atoms with Crippen LogP contribution in [0.2, 0.25) is 0 Å². The van der Waals surface area contributed by atoms with Crippen LogP contribution in [-0.4, -0.2) is 29.8 Å². The Kier molecular flexibility index (Phi) is 3.71. The molecular weight excluding hydrogens is 280 g/mol. The van der Waals surface area contributed by atoms with Crippen molar-refractivity contribution in [3.8, 4) is 11.5 Å². The highest BCUT2D eigenvalue weighted by molar-refractivity contribution is 6.12. The van der Waals surface area contributed by atoms with Gasteiger partial charge >= 0.3 is 0 Å². The highest BCUT2D eigenvalue weighted by Gasteiger charge is 2.24. The van der Waals surface area contributed by atoms with Crippen LogP contribution in [0.3, 0.4) is 0 Å². The first-order chi connectivity index (χ1) is 10.6. The molecule has 2 aromatic rings. The van der Waals surface area contributed by atoms with E-state index in [1.807, 2.05) is 31.3 Å². The Bertz CT molecular complexity index is 759. The second-order valence-corrected chi connectivity index (χ2v) is 5.24. The van der Waals surface area contributed by atoms with Gasteiger partial charge in [0.25, 0.3) is 0 Å². The Labute approximate surface area is 129 Å². The molecule has 0 bridgehead atoms. The molecule has 1 aliphatic carbocycles. The molecule has 114 valence electrons. The van der Waals surface area contributed by atoms with Crippen molar-refractivity contribution in [1.82, 2.24) is 9.78 Å². The summed E-state index contributed by atoms with van der Waals surface area (Å²) < 4.78 is 12.3. The van der Waals surface area contributed by atoms with Crippen LogP contribution in [0.1, 0.15) is 28.0 Å². The first-order valence-corrected chi connectivity index (χ1v) is 7.12. The van der Waals surface area contributed by atoms with Gasteiger partial charge < -0.3 is 9.47 Å². The number of methoxy groups -OCH3 is 2. The van der Waals surface area contributed by atoms with E-state index < -0.39 is 0 Å². The van der Waals surface area contributed by atoms with E-state index >= 15 is 0 Å². The van der Waals surface area contributed by atoms with E-state index in [0.29, 0.717) is 17.1 Å². The van der Waals surface area contributed by atoms with E-state index in [1.165, 1.54) is 0 Å². The van der Waals surface area contributed by atoms with Gasteiger partial charge in [0.15, 0.2) is 17.3 Å². The van der Waals surface area contributed by atoms with Crippen LogP contribution in [0, 0.1) is 0 Å². The number of ketones is 1. The SMILES string of the molecule is COc1ccc(C=C2CCc3c(cnn3C)C2=O)cc1OC. The fourth-order valence-electron chi connectivity index (χ4n) is 2.77. The Morgan fingerprint density at radius 2 is 1.95 bits per heavy atom. The second-order valence-electron chi connectivity index (χ2n) is 5.24. The molecule has 5 heteroatoms. The molecule has 0 atom stereocenters. The number of Topliss-reactive ketones (excluding diaryl/α,β-unsaturated/α-hetero) is 1. The summed E-state index contributed by atoms with van der Waals surface area (Å²) in [6.07, 6.45) is 5.12. The third kappa shape index (κ3) is 2.39. The first-order valence-electron chi connectivity index (χ1n) is 7.12. The van der Waals surface area contributed by atoms with Crippen LogP contribution in [0.25, 0.3) is 6.08 Å². The minimum absolute atomic E-state index is 0.0594. The number of ether oxygens (including phenoxy) is 2. The number of fused-ring (bicyclic) bond motifs is 1. The molecule has 5 nitrogen and oxygen atoms in total. The maximum absolute atomic E-state index is 12.5. The van der Waals surface area contributed by atoms with Gasteiger partial charge in [-0.2, -0.15) is 5.10 Å². The summed E-state index contributed by atoms with van der Waals surface area (Å²) in [5.41, 5.74) is 3.44. The zero-order valence-electron chi connectivity index (χ0n) is 12.9. The lowest BCUT2D eigenvalue weighted by Gasteiger charge is -2.15. The predicted molar refractivity (Wildman–Crippen MR) is 83.4 cm³/mol. The van der Waals surface area contributed by atoms with Crippen LogP contribution in [0.15, 0.2) is 30.0 Å². The number of rotatable bonds is 3. The van der Waals surface area contributed by atoms with Crippen molar-refractivity contribution < 1.29 is 14.3 Å². The average molecular weight is 298 g/mol. The van der Waals surface area contributed by atoms with Crippen molar-refractivity contribution in [2.24, 2.45) is 7.05 Å². The van der Waals surface area contributed by atoms with Crippen LogP contribution >= 0.6 is 0 Å². The third-order valence-corrected chi connectivity index (χ3v) is 3.98. The minimum Gasteiger partial charge on any atom is -0.493 e. The number of allylic oxidation sites excluding steroid dienone is 1. The van der Waals surface area contributed by atoms with E-state index in [4.69, 9.17) is 9.47 Å². The summed E-state index contributed by atoms with van der Waals surface area (Å²) >= 11 is 0. The number of carbonyl (C=O) groups is 1. The molecule has 1 aromatic heterocycles. The second kappa shape index (κ2) is 5.67. The molecule has 0 unspecified atom stereocenters. The minimum atomic E-state index is 0.0594. The number of carbonyl (C=O) groups excluding carboxylic acids is 1. The number of nitrogens with zero attached hydrogens (tertiary/aromatic N) is 2. The van der Waals surface area contributed by atoms with Crippen LogP contribution < -0.4 is 9.47 Å². The van der Waals surface area contributed by atoms with Crippen LogP contribution in [-0.2, 0) is 13.5 Å². The van der Waals surface area contributed by atoms with Crippen molar-refractivity contribution in [2.45, 2.75) is 12.8 Å². The number of aryl methyl sites for hydroxylation is 1. The highest BCUT2D eigenvalue weighted by Crippen LogP contribution is 2.30. The van der Waals surface area contributed by atoms with Gasteiger partial charge in [-0.15, -0.1) is 0 Å². The van der Waals surface area contributed by atoms with Crippen molar-refractivity contribution >= 4 is 11.9 Å². The lowest BCUT2D eigenvalue weighted by Crippen LogP contribution is -2.14. The topological polar surface area (TPSA) is 53.4 Å². The lowest BCUT2D eigenvalue weighted by atomic mass is 9.90. The fraction of sp³-hybridized carbons (Fsp3) is 0.294. The van der Waals surface area contributed by atoms with Crippen LogP contribution in [0.4, 0.5) is 0 Å². The summed E-state index contributed by atoms with van der Waals surface area (Å²) in [5.74, 6) is 1.39. The molecular formula is C17H18N2O3. The van der Waals surface area contributed by atoms with Gasteiger partial charge in [-0.3, -0.25) is 9.48 Å². The smallest absolute Gasteiger partial charge is 0.192 e. The standard InChI is InChI=1S/C17H18N2O3/c1-19-14-6-5-12(17(20)13(14)10-18-19)8-11-4-7-15(21-2)16(9-11)22-3/h4,7-10H,5-6H2,1-3H3. The number of aromatic nitrogens is 2. The maximum atomic E-state index is 12.5. The highest BCUT2D eigenvalue weighted by atomic mass is 16.5. The molecule has 22 heavy (non-hydrogen) atoms. The zero-order valence-corrected chi connectivity index (χ0v) is 12.9. The monoisotopic (exact) mass is 298 g/mol. The number of hydrogen-bond donors (Lipinski definition) is 0. The van der Waals surface area contributed by atoms with E-state index in [0.717, 1.165) is 29.7 Å². The Morgan fingerprint density at radius 1 is 1.18 bits per heavy atom. The van der Waals surface area contributed by atoms with E-state index in [2.05, 4.69) is 5.10 Å². The Morgan fingerprint density at radius 3 is 2.68 bits per heavy atom. The van der Waals surface area contributed by atoms with Crippen molar-refractivity contribution in [2.75, 3.05) is 14.2 Å². The molecule has 0 radical (unpaired) electrons. The number of benzene rings is 1. The molecule has 0 saturated heterocycles. The Balaban J connectivity index is 1.95. The van der Waals surface area contributed by atoms with Gasteiger partial charge in [-0.25, -0.2) is 0 Å². The van der Waals surface area contributed by atoms with E-state index in [1.54, 1.807) is 25.1 Å². The zero-order chi connectivity index (χ0) is 15.7. The van der Waals surface area contributed by atoms with Gasteiger partial charge in [-0.05, 0) is 36.6 Å². The molecule has 0 saturated carbocycles. The molecule has 0 aliphatic heterocycles. The first kappa shape index (κ1) is 14.4. The quantitative estimate of drug-likeness (QED) is 0.817. The summed E-state index contributed by atoms with van der Waals surface area (Å²) in [6, 6.07) is 5.63. The largest absolute Gasteiger partial charge is 0.493 e. The lowest BCUT2D eigenvalue weighted by molar-refractivity contribution is 0.102. The van der Waals surface area contributed by atoms with E-state index in [9.17, 15) is 4.79 Å². The molecule has 1 aromatic carbocycles. The summed E-state index contributed by atoms with van der Waals surface area (Å²) in [6.45, 7) is 0. The molecule has 0 amide bonds. The maximum Gasteiger partial charge on any atom is 0.192 e. The molecule has 1 aliphatic rings. The predicted octanol–water partition coefficient (Wildman–Crippen LogP) is 2.65. The van der Waals surface area contributed by atoms with E-state index in [-0.39, 0.29) is 5.78 Å². The summed E-state index contributed by atoms with van der Waals surface area (Å²) in [4.78, 5) is 12.5. The third-order valence-electron chi connectivity index (χ3n) is 3.98. The molecule has 1 heterocycles. The molecule has 0 spiro atoms. The fourth-order valence-corrected chi connectivity index (χ4v) is 2.77. The Hall–Kier alpha value is -2.56. The van der Waals surface area contributed by atoms with Crippen LogP contribution in [0.5, 0.6) is 11.5 Å². The van der Waals surface area contributed by atoms with Gasteiger partial charge in [0.2, 0.25) is 0 Å². The summed E-state index contributed by atoms with van der Waals surface area (Å²) in [5, 5.41) is 4.17. The van der Waals surface area contributed by atoms with Gasteiger partial charge in [0, 0.05) is 18.3 Å². The van der Waals surface area contributed by atoms with Crippen molar-refractivity contribution in [1.29, 1.82) is 0 Å². The normalized spacial score (nSPS) is 15.8. The number of hydrogen-bond acceptors (Lipinski definition) is 4. The average Bonchev–Trinajstić information content (AvgIpc) is 2.92. The molecule has 0 N–H and O–H groups in total.